The molecule has 17 heavy (non-hydrogen) atoms. The third-order valence-electron chi connectivity index (χ3n) is 2.72. The molecule has 5 heteroatoms. The second kappa shape index (κ2) is 7.40. The number of carbonyl (C=O) groups is 1. The van der Waals surface area contributed by atoms with E-state index < -0.39 is 0 Å². The van der Waals surface area contributed by atoms with Crippen molar-refractivity contribution in [1.29, 1.82) is 0 Å². The summed E-state index contributed by atoms with van der Waals surface area (Å²) >= 11 is 1.59. The average molecular weight is 255 g/mol. The summed E-state index contributed by atoms with van der Waals surface area (Å²) in [7, 11) is 0. The maximum atomic E-state index is 11.5. The van der Waals surface area contributed by atoms with Crippen molar-refractivity contribution in [1.82, 2.24) is 15.6 Å². The van der Waals surface area contributed by atoms with Gasteiger partial charge in [-0.05, 0) is 20.3 Å². The lowest BCUT2D eigenvalue weighted by Gasteiger charge is -2.13. The van der Waals surface area contributed by atoms with Gasteiger partial charge in [0.15, 0.2) is 0 Å². The van der Waals surface area contributed by atoms with E-state index in [9.17, 15) is 4.79 Å². The Balaban J connectivity index is 2.17. The van der Waals surface area contributed by atoms with Gasteiger partial charge in [0.1, 0.15) is 0 Å². The van der Waals surface area contributed by atoms with Gasteiger partial charge in [0.2, 0.25) is 5.91 Å². The van der Waals surface area contributed by atoms with Gasteiger partial charge in [-0.1, -0.05) is 6.92 Å². The van der Waals surface area contributed by atoms with Crippen LogP contribution in [0.1, 0.15) is 45.3 Å². The van der Waals surface area contributed by atoms with Crippen LogP contribution in [0.25, 0.3) is 0 Å². The molecular weight excluding hydrogens is 234 g/mol. The van der Waals surface area contributed by atoms with Crippen LogP contribution in [-0.2, 0) is 4.79 Å². The van der Waals surface area contributed by atoms with Gasteiger partial charge in [0.05, 0.1) is 11.2 Å². The summed E-state index contributed by atoms with van der Waals surface area (Å²) in [6.45, 7) is 6.82. The highest BCUT2D eigenvalue weighted by molar-refractivity contribution is 7.07. The van der Waals surface area contributed by atoms with E-state index in [0.29, 0.717) is 13.0 Å². The van der Waals surface area contributed by atoms with Crippen LogP contribution < -0.4 is 10.6 Å². The van der Waals surface area contributed by atoms with Gasteiger partial charge in [0.25, 0.3) is 0 Å². The number of hydrogen-bond donors (Lipinski definition) is 2. The van der Waals surface area contributed by atoms with Crippen LogP contribution in [0.5, 0.6) is 0 Å². The normalized spacial score (nSPS) is 14.3. The maximum absolute atomic E-state index is 11.5. The Kier molecular flexibility index (Phi) is 6.15. The first kappa shape index (κ1) is 14.1. The van der Waals surface area contributed by atoms with E-state index in [4.69, 9.17) is 0 Å². The molecule has 4 nitrogen and oxygen atoms in total. The van der Waals surface area contributed by atoms with Crippen LogP contribution >= 0.6 is 11.3 Å². The highest BCUT2D eigenvalue weighted by Crippen LogP contribution is 2.11. The van der Waals surface area contributed by atoms with E-state index in [2.05, 4.69) is 29.5 Å². The van der Waals surface area contributed by atoms with E-state index >= 15 is 0 Å². The molecule has 0 bridgehead atoms. The predicted molar refractivity (Wildman–Crippen MR) is 71.0 cm³/mol. The molecule has 0 aliphatic carbocycles. The fourth-order valence-electron chi connectivity index (χ4n) is 1.39. The number of aromatic nitrogens is 1. The van der Waals surface area contributed by atoms with Crippen LogP contribution in [0, 0.1) is 0 Å². The molecule has 0 saturated heterocycles. The minimum Gasteiger partial charge on any atom is -0.354 e. The highest BCUT2D eigenvalue weighted by Gasteiger charge is 2.08. The maximum Gasteiger partial charge on any atom is 0.221 e. The number of rotatable bonds is 7. The zero-order chi connectivity index (χ0) is 12.7. The van der Waals surface area contributed by atoms with Crippen molar-refractivity contribution < 1.29 is 4.79 Å². The van der Waals surface area contributed by atoms with Crippen LogP contribution in [0.2, 0.25) is 0 Å². The summed E-state index contributed by atoms with van der Waals surface area (Å²) in [5.41, 5.74) is 2.86. The third-order valence-corrected chi connectivity index (χ3v) is 3.32. The van der Waals surface area contributed by atoms with Crippen molar-refractivity contribution in [3.05, 3.63) is 16.6 Å². The first-order chi connectivity index (χ1) is 8.13. The third kappa shape index (κ3) is 5.28. The summed E-state index contributed by atoms with van der Waals surface area (Å²) in [6.07, 6.45) is 1.48. The Bertz CT molecular complexity index is 327. The van der Waals surface area contributed by atoms with Gasteiger partial charge in [-0.2, -0.15) is 0 Å². The molecule has 0 aromatic carbocycles. The molecule has 0 aliphatic heterocycles. The first-order valence-corrected chi connectivity index (χ1v) is 6.98. The molecule has 0 aliphatic rings. The SMILES string of the molecule is CCC(C)NC(=O)CCNC(C)c1cscn1. The van der Waals surface area contributed by atoms with Gasteiger partial charge >= 0.3 is 0 Å². The number of nitrogens with zero attached hydrogens (tertiary/aromatic N) is 1. The fourth-order valence-corrected chi connectivity index (χ4v) is 2.04. The Labute approximate surface area is 107 Å². The number of nitrogens with one attached hydrogen (secondary N) is 2. The van der Waals surface area contributed by atoms with E-state index in [0.717, 1.165) is 12.1 Å². The van der Waals surface area contributed by atoms with E-state index in [-0.39, 0.29) is 18.0 Å². The molecule has 0 fully saturated rings. The van der Waals surface area contributed by atoms with Crippen LogP contribution in [0.4, 0.5) is 0 Å². The van der Waals surface area contributed by atoms with E-state index in [1.807, 2.05) is 17.8 Å². The van der Waals surface area contributed by atoms with Crippen LogP contribution in [0.3, 0.4) is 0 Å². The Morgan fingerprint density at radius 2 is 2.29 bits per heavy atom. The molecule has 2 atom stereocenters. The second-order valence-electron chi connectivity index (χ2n) is 4.22. The molecule has 1 amide bonds. The molecule has 1 heterocycles. The zero-order valence-corrected chi connectivity index (χ0v) is 11.5. The number of carbonyl (C=O) groups excluding carboxylic acids is 1. The number of hydrogen-bond acceptors (Lipinski definition) is 4. The smallest absolute Gasteiger partial charge is 0.221 e. The van der Waals surface area contributed by atoms with Gasteiger partial charge in [0, 0.05) is 30.4 Å². The summed E-state index contributed by atoms with van der Waals surface area (Å²) in [6, 6.07) is 0.469. The predicted octanol–water partition coefficient (Wildman–Crippen LogP) is 2.10. The van der Waals surface area contributed by atoms with Gasteiger partial charge in [-0.15, -0.1) is 11.3 Å². The minimum absolute atomic E-state index is 0.109. The molecule has 1 rings (SSSR count). The van der Waals surface area contributed by atoms with E-state index in [1.54, 1.807) is 11.3 Å². The summed E-state index contributed by atoms with van der Waals surface area (Å²) in [4.78, 5) is 15.7. The highest BCUT2D eigenvalue weighted by atomic mass is 32.1. The molecule has 0 radical (unpaired) electrons. The van der Waals surface area contributed by atoms with Crippen molar-refractivity contribution in [2.45, 2.75) is 45.7 Å². The quantitative estimate of drug-likeness (QED) is 0.784. The van der Waals surface area contributed by atoms with Gasteiger partial charge in [-0.3, -0.25) is 4.79 Å². The van der Waals surface area contributed by atoms with Gasteiger partial charge in [-0.25, -0.2) is 4.98 Å². The molecule has 2 unspecified atom stereocenters. The minimum atomic E-state index is 0.109. The van der Waals surface area contributed by atoms with Crippen molar-refractivity contribution in [3.8, 4) is 0 Å². The molecule has 2 N–H and O–H groups in total. The summed E-state index contributed by atoms with van der Waals surface area (Å²) in [5.74, 6) is 0.109. The summed E-state index contributed by atoms with van der Waals surface area (Å²) < 4.78 is 0. The van der Waals surface area contributed by atoms with E-state index in [1.165, 1.54) is 0 Å². The van der Waals surface area contributed by atoms with Crippen molar-refractivity contribution in [3.63, 3.8) is 0 Å². The molecule has 96 valence electrons. The Morgan fingerprint density at radius 1 is 1.53 bits per heavy atom. The molecule has 1 aromatic rings. The number of amides is 1. The Morgan fingerprint density at radius 3 is 2.88 bits per heavy atom. The standard InChI is InChI=1S/C12H21N3OS/c1-4-9(2)15-12(16)5-6-13-10(3)11-7-17-8-14-11/h7-10,13H,4-6H2,1-3H3,(H,15,16). The second-order valence-corrected chi connectivity index (χ2v) is 4.93. The van der Waals surface area contributed by atoms with Crippen molar-refractivity contribution in [2.75, 3.05) is 6.54 Å². The lowest BCUT2D eigenvalue weighted by molar-refractivity contribution is -0.121. The topological polar surface area (TPSA) is 54.0 Å². The monoisotopic (exact) mass is 255 g/mol. The van der Waals surface area contributed by atoms with Crippen LogP contribution in [0.15, 0.2) is 10.9 Å². The molecule has 0 saturated carbocycles. The van der Waals surface area contributed by atoms with Crippen molar-refractivity contribution in [2.24, 2.45) is 0 Å². The molecular formula is C12H21N3OS. The molecule has 1 aromatic heterocycles. The zero-order valence-electron chi connectivity index (χ0n) is 10.7. The fraction of sp³-hybridized carbons (Fsp3) is 0.667. The van der Waals surface area contributed by atoms with Crippen LogP contribution in [-0.4, -0.2) is 23.5 Å². The Hall–Kier alpha value is -0.940. The van der Waals surface area contributed by atoms with Gasteiger partial charge < -0.3 is 10.6 Å². The molecule has 0 spiro atoms. The lowest BCUT2D eigenvalue weighted by Crippen LogP contribution is -2.34. The largest absolute Gasteiger partial charge is 0.354 e. The average Bonchev–Trinajstić information content (AvgIpc) is 2.82. The first-order valence-electron chi connectivity index (χ1n) is 6.04. The summed E-state index contributed by atoms with van der Waals surface area (Å²) in [5, 5.41) is 8.26. The van der Waals surface area contributed by atoms with Crippen molar-refractivity contribution >= 4 is 17.2 Å². The lowest BCUT2D eigenvalue weighted by atomic mass is 10.2. The number of thiazole rings is 1.